The molecule has 0 N–H and O–H groups in total. The third kappa shape index (κ3) is 2.85. The Morgan fingerprint density at radius 2 is 2.15 bits per heavy atom. The van der Waals surface area contributed by atoms with Crippen LogP contribution in [-0.4, -0.2) is 21.9 Å². The fraction of sp³-hybridized carbons (Fsp3) is 0.778. The van der Waals surface area contributed by atoms with Gasteiger partial charge in [-0.05, 0) is 26.3 Å². The second-order valence-corrected chi connectivity index (χ2v) is 5.64. The van der Waals surface area contributed by atoms with E-state index < -0.39 is 0 Å². The molecule has 1 heterocycles. The molecule has 76 valence electrons. The Bertz CT molecular complexity index is 206. The molecule has 0 saturated carbocycles. The lowest BCUT2D eigenvalue weighted by molar-refractivity contribution is -0.0769. The predicted octanol–water partition coefficient (Wildman–Crippen LogP) is 3.68. The van der Waals surface area contributed by atoms with Crippen molar-refractivity contribution in [1.82, 2.24) is 0 Å². The summed E-state index contributed by atoms with van der Waals surface area (Å²) in [6.07, 6.45) is 2.60. The Kier molecular flexibility index (Phi) is 4.11. The maximum absolute atomic E-state index is 6.12. The highest BCUT2D eigenvalue weighted by molar-refractivity contribution is 9.09. The topological polar surface area (TPSA) is 9.23 Å². The summed E-state index contributed by atoms with van der Waals surface area (Å²) in [5, 5.41) is -0.00704. The highest BCUT2D eigenvalue weighted by Crippen LogP contribution is 2.36. The Morgan fingerprint density at radius 1 is 1.54 bits per heavy atom. The lowest BCUT2D eigenvalue weighted by Gasteiger charge is -2.41. The summed E-state index contributed by atoms with van der Waals surface area (Å²) in [5.74, 6) is 0. The number of halogens is 3. The van der Waals surface area contributed by atoms with Gasteiger partial charge in [0.25, 0.3) is 0 Å². The van der Waals surface area contributed by atoms with Gasteiger partial charge in [-0.3, -0.25) is 0 Å². The first kappa shape index (κ1) is 11.8. The highest BCUT2D eigenvalue weighted by Gasteiger charge is 2.39. The molecule has 0 bridgehead atoms. The van der Waals surface area contributed by atoms with Crippen molar-refractivity contribution in [1.29, 1.82) is 0 Å². The summed E-state index contributed by atoms with van der Waals surface area (Å²) in [6, 6.07) is 0. The summed E-state index contributed by atoms with van der Waals surface area (Å²) in [6.45, 7) is 4.09. The number of hydrogen-bond acceptors (Lipinski definition) is 1. The zero-order valence-electron chi connectivity index (χ0n) is 7.64. The molecular formula is C9H13BrCl2O. The molecule has 0 spiro atoms. The van der Waals surface area contributed by atoms with Crippen molar-refractivity contribution < 1.29 is 4.74 Å². The van der Waals surface area contributed by atoms with E-state index >= 15 is 0 Å². The SMILES string of the molecule is CC1(C)O[C@@H](/C=C/Cl)[C@H](Cl)C[C@@H]1Br. The van der Waals surface area contributed by atoms with Crippen molar-refractivity contribution in [3.8, 4) is 0 Å². The predicted molar refractivity (Wildman–Crippen MR) is 60.9 cm³/mol. The van der Waals surface area contributed by atoms with Gasteiger partial charge in [-0.25, -0.2) is 0 Å². The minimum atomic E-state index is -0.188. The number of alkyl halides is 2. The van der Waals surface area contributed by atoms with Crippen LogP contribution in [0, 0.1) is 0 Å². The Labute approximate surface area is 97.6 Å². The summed E-state index contributed by atoms with van der Waals surface area (Å²) in [4.78, 5) is 0.294. The molecule has 1 aliphatic rings. The molecule has 1 rings (SSSR count). The summed E-state index contributed by atoms with van der Waals surface area (Å²) < 4.78 is 5.79. The summed E-state index contributed by atoms with van der Waals surface area (Å²) >= 11 is 15.2. The molecule has 3 atom stereocenters. The quantitative estimate of drug-likeness (QED) is 0.669. The lowest BCUT2D eigenvalue weighted by Crippen LogP contribution is -2.48. The number of hydrogen-bond donors (Lipinski definition) is 0. The first-order valence-corrected chi connectivity index (χ1v) is 5.99. The van der Waals surface area contributed by atoms with Gasteiger partial charge < -0.3 is 4.74 Å². The van der Waals surface area contributed by atoms with Crippen LogP contribution in [0.25, 0.3) is 0 Å². The van der Waals surface area contributed by atoms with Crippen molar-refractivity contribution >= 4 is 39.1 Å². The molecular weight excluding hydrogens is 275 g/mol. The van der Waals surface area contributed by atoms with E-state index in [1.807, 2.05) is 13.8 Å². The van der Waals surface area contributed by atoms with Gasteiger partial charge in [0.1, 0.15) is 0 Å². The maximum atomic E-state index is 6.12. The fourth-order valence-corrected chi connectivity index (χ4v) is 2.53. The smallest absolute Gasteiger partial charge is 0.0938 e. The number of rotatable bonds is 1. The van der Waals surface area contributed by atoms with Crippen LogP contribution in [0.4, 0.5) is 0 Å². The van der Waals surface area contributed by atoms with Crippen molar-refractivity contribution in [2.75, 3.05) is 0 Å². The van der Waals surface area contributed by atoms with Crippen molar-refractivity contribution in [3.05, 3.63) is 11.6 Å². The largest absolute Gasteiger partial charge is 0.366 e. The molecule has 0 aliphatic carbocycles. The van der Waals surface area contributed by atoms with E-state index in [2.05, 4.69) is 15.9 Å². The minimum absolute atomic E-state index is 0.00704. The van der Waals surface area contributed by atoms with Crippen LogP contribution in [0.15, 0.2) is 11.6 Å². The van der Waals surface area contributed by atoms with Crippen LogP contribution in [0.5, 0.6) is 0 Å². The normalized spacial score (nSPS) is 39.6. The van der Waals surface area contributed by atoms with Crippen LogP contribution < -0.4 is 0 Å². The molecule has 0 amide bonds. The number of ether oxygens (including phenoxy) is 1. The van der Waals surface area contributed by atoms with Gasteiger partial charge in [-0.15, -0.1) is 11.6 Å². The van der Waals surface area contributed by atoms with Crippen LogP contribution in [0.3, 0.4) is 0 Å². The average Bonchev–Trinajstić information content (AvgIpc) is 2.00. The van der Waals surface area contributed by atoms with E-state index in [4.69, 9.17) is 27.9 Å². The van der Waals surface area contributed by atoms with Crippen molar-refractivity contribution in [2.24, 2.45) is 0 Å². The molecule has 0 aromatic heterocycles. The highest BCUT2D eigenvalue weighted by atomic mass is 79.9. The standard InChI is InChI=1S/C9H13BrCl2O/c1-9(2)8(10)5-6(12)7(13-9)3-4-11/h3-4,6-8H,5H2,1-2H3/b4-3+/t6-,7+,8+/m1/s1. The first-order valence-electron chi connectivity index (χ1n) is 4.20. The van der Waals surface area contributed by atoms with Gasteiger partial charge in [-0.1, -0.05) is 27.5 Å². The second-order valence-electron chi connectivity index (χ2n) is 3.72. The summed E-state index contributed by atoms with van der Waals surface area (Å²) in [5.41, 5.74) is 1.27. The molecule has 1 fully saturated rings. The average molecular weight is 288 g/mol. The molecule has 0 aromatic carbocycles. The summed E-state index contributed by atoms with van der Waals surface area (Å²) in [7, 11) is 0. The first-order chi connectivity index (χ1) is 5.97. The molecule has 1 nitrogen and oxygen atoms in total. The fourth-order valence-electron chi connectivity index (χ4n) is 1.35. The van der Waals surface area contributed by atoms with E-state index in [1.54, 1.807) is 6.08 Å². The minimum Gasteiger partial charge on any atom is -0.366 e. The van der Waals surface area contributed by atoms with E-state index in [0.29, 0.717) is 4.83 Å². The van der Waals surface area contributed by atoms with E-state index in [1.165, 1.54) is 5.54 Å². The third-order valence-corrected chi connectivity index (χ3v) is 4.29. The van der Waals surface area contributed by atoms with E-state index in [0.717, 1.165) is 6.42 Å². The van der Waals surface area contributed by atoms with Crippen molar-refractivity contribution in [2.45, 2.75) is 42.2 Å². The van der Waals surface area contributed by atoms with Gasteiger partial charge in [-0.2, -0.15) is 0 Å². The third-order valence-electron chi connectivity index (χ3n) is 2.25. The van der Waals surface area contributed by atoms with Crippen LogP contribution in [-0.2, 0) is 4.74 Å². The molecule has 0 aromatic rings. The molecule has 1 saturated heterocycles. The second kappa shape index (κ2) is 4.52. The Morgan fingerprint density at radius 3 is 2.69 bits per heavy atom. The van der Waals surface area contributed by atoms with Gasteiger partial charge >= 0.3 is 0 Å². The van der Waals surface area contributed by atoms with Crippen LogP contribution in [0.1, 0.15) is 20.3 Å². The van der Waals surface area contributed by atoms with Crippen LogP contribution >= 0.6 is 39.1 Å². The molecule has 0 unspecified atom stereocenters. The van der Waals surface area contributed by atoms with E-state index in [9.17, 15) is 0 Å². The van der Waals surface area contributed by atoms with Gasteiger partial charge in [0.15, 0.2) is 0 Å². The lowest BCUT2D eigenvalue weighted by atomic mass is 9.94. The Hall–Kier alpha value is 0.760. The molecule has 1 aliphatic heterocycles. The van der Waals surface area contributed by atoms with Gasteiger partial charge in [0, 0.05) is 10.4 Å². The van der Waals surface area contributed by atoms with Crippen molar-refractivity contribution in [3.63, 3.8) is 0 Å². The van der Waals surface area contributed by atoms with E-state index in [-0.39, 0.29) is 17.1 Å². The van der Waals surface area contributed by atoms with Gasteiger partial charge in [0.2, 0.25) is 0 Å². The maximum Gasteiger partial charge on any atom is 0.0938 e. The molecule has 0 radical (unpaired) electrons. The van der Waals surface area contributed by atoms with Crippen LogP contribution in [0.2, 0.25) is 0 Å². The Balaban J connectivity index is 2.70. The zero-order valence-corrected chi connectivity index (χ0v) is 10.7. The monoisotopic (exact) mass is 286 g/mol. The van der Waals surface area contributed by atoms with Gasteiger partial charge in [0.05, 0.1) is 17.1 Å². The molecule has 4 heteroatoms. The zero-order chi connectivity index (χ0) is 10.1. The molecule has 13 heavy (non-hydrogen) atoms.